The SMILES string of the molecule is CCCCCC(C)CCCC(C)CCC[Si]c1cccnc1-c1ccc(OCCCCOCCCC)nn1. The number of ether oxygens (including phenoxy) is 2. The Bertz CT molecular complexity index is 834. The van der Waals surface area contributed by atoms with E-state index in [1.54, 1.807) is 0 Å². The standard InChI is InChI=1S/C32H53N3O2Si/c1-5-7-9-15-27(3)16-12-17-28(4)18-14-26-38-30-19-13-22-33-32(30)29-20-21-31(35-34-29)37-25-11-10-24-36-23-8-6-2/h13,19-22,27-28H,5-12,14-18,23-26H2,1-4H3. The molecule has 38 heavy (non-hydrogen) atoms. The molecule has 2 rings (SSSR count). The van der Waals surface area contributed by atoms with Gasteiger partial charge in [-0.05, 0) is 48.4 Å². The van der Waals surface area contributed by atoms with E-state index in [2.05, 4.69) is 48.9 Å². The fraction of sp³-hybridized carbons (Fsp3) is 0.719. The first-order chi connectivity index (χ1) is 18.6. The normalized spacial score (nSPS) is 12.9. The van der Waals surface area contributed by atoms with Crippen LogP contribution in [0.25, 0.3) is 11.4 Å². The third-order valence-corrected chi connectivity index (χ3v) is 8.54. The fourth-order valence-electron chi connectivity index (χ4n) is 4.63. The van der Waals surface area contributed by atoms with Crippen molar-refractivity contribution in [3.05, 3.63) is 30.5 Å². The van der Waals surface area contributed by atoms with Crippen molar-refractivity contribution in [2.24, 2.45) is 11.8 Å². The van der Waals surface area contributed by atoms with Crippen molar-refractivity contribution < 1.29 is 9.47 Å². The molecule has 2 aromatic heterocycles. The molecular formula is C32H53N3O2Si. The maximum Gasteiger partial charge on any atom is 0.233 e. The molecule has 0 aliphatic heterocycles. The molecule has 0 saturated heterocycles. The fourth-order valence-corrected chi connectivity index (χ4v) is 5.85. The van der Waals surface area contributed by atoms with E-state index >= 15 is 0 Å². The van der Waals surface area contributed by atoms with Crippen LogP contribution in [0.1, 0.15) is 111 Å². The Morgan fingerprint density at radius 3 is 2.18 bits per heavy atom. The predicted molar refractivity (Wildman–Crippen MR) is 161 cm³/mol. The molecule has 0 saturated carbocycles. The second-order valence-electron chi connectivity index (χ2n) is 10.9. The molecule has 0 aromatic carbocycles. The lowest BCUT2D eigenvalue weighted by Crippen LogP contribution is -2.18. The van der Waals surface area contributed by atoms with E-state index in [0.717, 1.165) is 65.2 Å². The third-order valence-electron chi connectivity index (χ3n) is 7.15. The zero-order valence-corrected chi connectivity index (χ0v) is 25.7. The summed E-state index contributed by atoms with van der Waals surface area (Å²) < 4.78 is 11.4. The Labute approximate surface area is 235 Å². The molecular weight excluding hydrogens is 486 g/mol. The van der Waals surface area contributed by atoms with Gasteiger partial charge < -0.3 is 9.47 Å². The van der Waals surface area contributed by atoms with Crippen molar-refractivity contribution in [2.45, 2.75) is 117 Å². The molecule has 0 N–H and O–H groups in total. The monoisotopic (exact) mass is 539 g/mol. The molecule has 0 aliphatic rings. The highest BCUT2D eigenvalue weighted by molar-refractivity contribution is 6.55. The molecule has 2 heterocycles. The van der Waals surface area contributed by atoms with Gasteiger partial charge in [-0.1, -0.05) is 104 Å². The maximum atomic E-state index is 5.77. The van der Waals surface area contributed by atoms with Crippen molar-refractivity contribution in [1.29, 1.82) is 0 Å². The van der Waals surface area contributed by atoms with Crippen molar-refractivity contribution in [3.8, 4) is 17.3 Å². The molecule has 0 bridgehead atoms. The molecule has 0 fully saturated rings. The molecule has 212 valence electrons. The Kier molecular flexibility index (Phi) is 18.0. The summed E-state index contributed by atoms with van der Waals surface area (Å²) in [4.78, 5) is 4.64. The third kappa shape index (κ3) is 14.4. The summed E-state index contributed by atoms with van der Waals surface area (Å²) in [5.74, 6) is 2.29. The van der Waals surface area contributed by atoms with Gasteiger partial charge in [0, 0.05) is 25.5 Å². The summed E-state index contributed by atoms with van der Waals surface area (Å²) in [6, 6.07) is 9.34. The van der Waals surface area contributed by atoms with Gasteiger partial charge in [0.15, 0.2) is 0 Å². The van der Waals surface area contributed by atoms with Gasteiger partial charge >= 0.3 is 0 Å². The summed E-state index contributed by atoms with van der Waals surface area (Å²) in [6.45, 7) is 11.6. The molecule has 0 amide bonds. The van der Waals surface area contributed by atoms with Crippen molar-refractivity contribution in [2.75, 3.05) is 19.8 Å². The van der Waals surface area contributed by atoms with Crippen LogP contribution >= 0.6 is 0 Å². The molecule has 0 aliphatic carbocycles. The summed E-state index contributed by atoms with van der Waals surface area (Å²) in [7, 11) is 0.750. The number of aromatic nitrogens is 3. The average Bonchev–Trinajstić information content (AvgIpc) is 2.93. The Morgan fingerprint density at radius 2 is 1.45 bits per heavy atom. The van der Waals surface area contributed by atoms with E-state index in [4.69, 9.17) is 9.47 Å². The number of pyridine rings is 1. The first-order valence-electron chi connectivity index (χ1n) is 15.4. The van der Waals surface area contributed by atoms with Gasteiger partial charge in [-0.3, -0.25) is 4.98 Å². The highest BCUT2D eigenvalue weighted by atomic mass is 28.2. The maximum absolute atomic E-state index is 5.77. The number of hydrogen-bond acceptors (Lipinski definition) is 5. The molecule has 2 atom stereocenters. The largest absolute Gasteiger partial charge is 0.477 e. The highest BCUT2D eigenvalue weighted by Gasteiger charge is 2.11. The zero-order valence-electron chi connectivity index (χ0n) is 24.7. The van der Waals surface area contributed by atoms with Gasteiger partial charge in [0.2, 0.25) is 5.88 Å². The average molecular weight is 540 g/mol. The van der Waals surface area contributed by atoms with E-state index in [-0.39, 0.29) is 0 Å². The van der Waals surface area contributed by atoms with E-state index < -0.39 is 0 Å². The first-order valence-corrected chi connectivity index (χ1v) is 16.6. The van der Waals surface area contributed by atoms with Crippen LogP contribution in [0, 0.1) is 11.8 Å². The van der Waals surface area contributed by atoms with Crippen molar-refractivity contribution in [1.82, 2.24) is 15.2 Å². The van der Waals surface area contributed by atoms with Crippen LogP contribution in [0.2, 0.25) is 6.04 Å². The second kappa shape index (κ2) is 21.1. The molecule has 0 spiro atoms. The Hall–Kier alpha value is -1.79. The minimum Gasteiger partial charge on any atom is -0.477 e. The van der Waals surface area contributed by atoms with Crippen molar-refractivity contribution >= 4 is 14.7 Å². The summed E-state index contributed by atoms with van der Waals surface area (Å²) in [5, 5.41) is 10.0. The van der Waals surface area contributed by atoms with E-state index in [9.17, 15) is 0 Å². The van der Waals surface area contributed by atoms with Crippen LogP contribution in [0.4, 0.5) is 0 Å². The molecule has 5 nitrogen and oxygen atoms in total. The van der Waals surface area contributed by atoms with Gasteiger partial charge in [0.05, 0.1) is 21.8 Å². The quantitative estimate of drug-likeness (QED) is 0.106. The van der Waals surface area contributed by atoms with Gasteiger partial charge in [0.25, 0.3) is 0 Å². The van der Waals surface area contributed by atoms with E-state index in [1.807, 2.05) is 24.4 Å². The Morgan fingerprint density at radius 1 is 0.737 bits per heavy atom. The lowest BCUT2D eigenvalue weighted by atomic mass is 9.93. The molecule has 2 aromatic rings. The van der Waals surface area contributed by atoms with Crippen LogP contribution in [0.5, 0.6) is 5.88 Å². The van der Waals surface area contributed by atoms with Gasteiger partial charge in [-0.15, -0.1) is 10.2 Å². The van der Waals surface area contributed by atoms with E-state index in [1.165, 1.54) is 75.4 Å². The van der Waals surface area contributed by atoms with Gasteiger partial charge in [0.1, 0.15) is 5.69 Å². The van der Waals surface area contributed by atoms with Crippen LogP contribution in [0.3, 0.4) is 0 Å². The lowest BCUT2D eigenvalue weighted by molar-refractivity contribution is 0.123. The van der Waals surface area contributed by atoms with Crippen LogP contribution in [-0.4, -0.2) is 44.5 Å². The lowest BCUT2D eigenvalue weighted by Gasteiger charge is -2.14. The van der Waals surface area contributed by atoms with Crippen LogP contribution in [-0.2, 0) is 4.74 Å². The number of rotatable bonds is 23. The van der Waals surface area contributed by atoms with Crippen LogP contribution < -0.4 is 9.92 Å². The van der Waals surface area contributed by atoms with Gasteiger partial charge in [-0.25, -0.2) is 0 Å². The summed E-state index contributed by atoms with van der Waals surface area (Å²) in [5.41, 5.74) is 1.78. The highest BCUT2D eigenvalue weighted by Crippen LogP contribution is 2.21. The molecule has 2 unspecified atom stereocenters. The zero-order chi connectivity index (χ0) is 27.3. The number of nitrogens with zero attached hydrogens (tertiary/aromatic N) is 3. The number of unbranched alkanes of at least 4 members (excludes halogenated alkanes) is 4. The smallest absolute Gasteiger partial charge is 0.233 e. The van der Waals surface area contributed by atoms with Crippen LogP contribution in [0.15, 0.2) is 30.5 Å². The van der Waals surface area contributed by atoms with E-state index in [0.29, 0.717) is 12.5 Å². The van der Waals surface area contributed by atoms with Gasteiger partial charge in [-0.2, -0.15) is 0 Å². The minimum atomic E-state index is 0.574. The van der Waals surface area contributed by atoms with Crippen molar-refractivity contribution in [3.63, 3.8) is 0 Å². The summed E-state index contributed by atoms with van der Waals surface area (Å²) in [6.07, 6.45) is 18.4. The molecule has 6 heteroatoms. The second-order valence-corrected chi connectivity index (χ2v) is 12.3. The Balaban J connectivity index is 1.66. The molecule has 2 radical (unpaired) electrons. The summed E-state index contributed by atoms with van der Waals surface area (Å²) >= 11 is 0. The first kappa shape index (κ1) is 32.4. The minimum absolute atomic E-state index is 0.574. The topological polar surface area (TPSA) is 57.1 Å². The predicted octanol–water partition coefficient (Wildman–Crippen LogP) is 8.07. The number of hydrogen-bond donors (Lipinski definition) is 0.